The van der Waals surface area contributed by atoms with E-state index < -0.39 is 0 Å². The van der Waals surface area contributed by atoms with E-state index in [2.05, 4.69) is 18.1 Å². The summed E-state index contributed by atoms with van der Waals surface area (Å²) in [5.41, 5.74) is 8.53. The Labute approximate surface area is 111 Å². The van der Waals surface area contributed by atoms with E-state index in [9.17, 15) is 0 Å². The van der Waals surface area contributed by atoms with Gasteiger partial charge in [0.15, 0.2) is 0 Å². The van der Waals surface area contributed by atoms with Crippen LogP contribution in [0.1, 0.15) is 29.2 Å². The lowest BCUT2D eigenvalue weighted by Crippen LogP contribution is -2.14. The molecule has 0 aromatic carbocycles. The average Bonchev–Trinajstić information content (AvgIpc) is 2.96. The summed E-state index contributed by atoms with van der Waals surface area (Å²) in [6.45, 7) is 2.11. The third-order valence-corrected chi connectivity index (χ3v) is 4.06. The molecule has 4 nitrogen and oxygen atoms in total. The highest BCUT2D eigenvalue weighted by Gasteiger charge is 2.16. The summed E-state index contributed by atoms with van der Waals surface area (Å²) in [6, 6.07) is 4.04. The number of hydrogen-bond acceptors (Lipinski definition) is 4. The molecular weight excluding hydrogens is 246 g/mol. The van der Waals surface area contributed by atoms with Crippen LogP contribution in [0.15, 0.2) is 17.5 Å². The molecule has 1 unspecified atom stereocenters. The normalized spacial score (nSPS) is 12.7. The Kier molecular flexibility index (Phi) is 4.04. The monoisotopic (exact) mass is 265 g/mol. The van der Waals surface area contributed by atoms with Gasteiger partial charge in [-0.05, 0) is 23.9 Å². The fourth-order valence-corrected chi connectivity index (χ4v) is 2.87. The largest absolute Gasteiger partial charge is 0.496 e. The van der Waals surface area contributed by atoms with Gasteiger partial charge in [-0.2, -0.15) is 5.10 Å². The molecule has 2 aromatic heterocycles. The van der Waals surface area contributed by atoms with Crippen LogP contribution in [-0.2, 0) is 19.9 Å². The van der Waals surface area contributed by atoms with Crippen molar-refractivity contribution in [2.45, 2.75) is 25.8 Å². The second-order valence-corrected chi connectivity index (χ2v) is 5.22. The van der Waals surface area contributed by atoms with E-state index in [1.807, 2.05) is 23.2 Å². The van der Waals surface area contributed by atoms with Crippen LogP contribution in [0.4, 0.5) is 0 Å². The summed E-state index contributed by atoms with van der Waals surface area (Å²) in [6.07, 6.45) is 1.73. The van der Waals surface area contributed by atoms with E-state index in [4.69, 9.17) is 10.5 Å². The van der Waals surface area contributed by atoms with Crippen molar-refractivity contribution >= 4 is 11.3 Å². The number of thiophene rings is 1. The Balaban J connectivity index is 2.15. The molecule has 2 N–H and O–H groups in total. The van der Waals surface area contributed by atoms with E-state index in [0.717, 1.165) is 34.9 Å². The topological polar surface area (TPSA) is 53.1 Å². The van der Waals surface area contributed by atoms with Gasteiger partial charge in [0.1, 0.15) is 5.75 Å². The Morgan fingerprint density at radius 1 is 1.56 bits per heavy atom. The molecule has 0 aliphatic carbocycles. The van der Waals surface area contributed by atoms with E-state index in [0.29, 0.717) is 0 Å². The summed E-state index contributed by atoms with van der Waals surface area (Å²) < 4.78 is 7.22. The molecule has 0 radical (unpaired) electrons. The fraction of sp³-hybridized carbons (Fsp3) is 0.462. The first-order valence-corrected chi connectivity index (χ1v) is 6.92. The zero-order chi connectivity index (χ0) is 13.1. The average molecular weight is 265 g/mol. The van der Waals surface area contributed by atoms with Gasteiger partial charge in [-0.1, -0.05) is 6.92 Å². The maximum Gasteiger partial charge on any atom is 0.134 e. The lowest BCUT2D eigenvalue weighted by Gasteiger charge is -2.11. The molecular formula is C13H19N3OS. The van der Waals surface area contributed by atoms with Crippen LogP contribution in [0.25, 0.3) is 0 Å². The van der Waals surface area contributed by atoms with Gasteiger partial charge < -0.3 is 10.5 Å². The molecule has 0 bridgehead atoms. The van der Waals surface area contributed by atoms with Gasteiger partial charge in [-0.15, -0.1) is 11.3 Å². The quantitative estimate of drug-likeness (QED) is 0.902. The molecule has 0 amide bonds. The molecule has 2 rings (SSSR count). The first kappa shape index (κ1) is 13.1. The molecule has 0 saturated carbocycles. The molecule has 0 fully saturated rings. The Morgan fingerprint density at radius 3 is 2.94 bits per heavy atom. The van der Waals surface area contributed by atoms with Gasteiger partial charge in [-0.3, -0.25) is 4.68 Å². The smallest absolute Gasteiger partial charge is 0.134 e. The van der Waals surface area contributed by atoms with Crippen molar-refractivity contribution in [3.8, 4) is 5.75 Å². The van der Waals surface area contributed by atoms with Gasteiger partial charge in [0.25, 0.3) is 0 Å². The lowest BCUT2D eigenvalue weighted by atomic mass is 10.1. The van der Waals surface area contributed by atoms with Crippen molar-refractivity contribution in [3.63, 3.8) is 0 Å². The zero-order valence-electron chi connectivity index (χ0n) is 11.0. The van der Waals surface area contributed by atoms with Gasteiger partial charge in [-0.25, -0.2) is 0 Å². The van der Waals surface area contributed by atoms with Crippen molar-refractivity contribution in [1.29, 1.82) is 0 Å². The van der Waals surface area contributed by atoms with Crippen LogP contribution in [0.2, 0.25) is 0 Å². The van der Waals surface area contributed by atoms with E-state index >= 15 is 0 Å². The molecule has 0 aliphatic heterocycles. The molecule has 1 atom stereocenters. The van der Waals surface area contributed by atoms with Gasteiger partial charge >= 0.3 is 0 Å². The number of aromatic nitrogens is 2. The summed E-state index contributed by atoms with van der Waals surface area (Å²) in [7, 11) is 3.64. The standard InChI is InChI=1S/C13H19N3OS/c1-4-9-7-10(16(2)15-9)8-11(14)13-12(17-3)5-6-18-13/h5-7,11H,4,8,14H2,1-3H3. The number of hydrogen-bond donors (Lipinski definition) is 1. The minimum absolute atomic E-state index is 0.0416. The maximum atomic E-state index is 6.26. The van der Waals surface area contributed by atoms with Crippen LogP contribution in [-0.4, -0.2) is 16.9 Å². The van der Waals surface area contributed by atoms with Crippen molar-refractivity contribution in [3.05, 3.63) is 33.8 Å². The van der Waals surface area contributed by atoms with Crippen LogP contribution in [0.5, 0.6) is 5.75 Å². The third-order valence-electron chi connectivity index (χ3n) is 3.03. The number of nitrogens with zero attached hydrogens (tertiary/aromatic N) is 2. The van der Waals surface area contributed by atoms with Crippen molar-refractivity contribution in [2.75, 3.05) is 7.11 Å². The number of nitrogens with two attached hydrogens (primary N) is 1. The molecule has 5 heteroatoms. The van der Waals surface area contributed by atoms with Gasteiger partial charge in [0.05, 0.1) is 17.7 Å². The highest BCUT2D eigenvalue weighted by Crippen LogP contribution is 2.31. The lowest BCUT2D eigenvalue weighted by molar-refractivity contribution is 0.408. The first-order chi connectivity index (χ1) is 8.65. The fourth-order valence-electron chi connectivity index (χ4n) is 2.00. The number of ether oxygens (including phenoxy) is 1. The van der Waals surface area contributed by atoms with Crippen LogP contribution < -0.4 is 10.5 Å². The van der Waals surface area contributed by atoms with Crippen molar-refractivity contribution in [2.24, 2.45) is 12.8 Å². The maximum absolute atomic E-state index is 6.26. The number of methoxy groups -OCH3 is 1. The molecule has 0 spiro atoms. The minimum atomic E-state index is -0.0416. The van der Waals surface area contributed by atoms with Crippen molar-refractivity contribution in [1.82, 2.24) is 9.78 Å². The molecule has 2 aromatic rings. The van der Waals surface area contributed by atoms with E-state index in [1.54, 1.807) is 18.4 Å². The summed E-state index contributed by atoms with van der Waals surface area (Å²) >= 11 is 1.64. The second-order valence-electron chi connectivity index (χ2n) is 4.27. The Bertz CT molecular complexity index is 518. The predicted octanol–water partition coefficient (Wildman–Crippen LogP) is 2.30. The summed E-state index contributed by atoms with van der Waals surface area (Å²) in [4.78, 5) is 1.09. The SMILES string of the molecule is CCc1cc(CC(N)c2sccc2OC)n(C)n1. The molecule has 18 heavy (non-hydrogen) atoms. The first-order valence-electron chi connectivity index (χ1n) is 6.04. The van der Waals surface area contributed by atoms with Crippen LogP contribution in [0, 0.1) is 0 Å². The van der Waals surface area contributed by atoms with E-state index in [1.165, 1.54) is 0 Å². The van der Waals surface area contributed by atoms with Crippen LogP contribution in [0.3, 0.4) is 0 Å². The van der Waals surface area contributed by atoms with Crippen molar-refractivity contribution < 1.29 is 4.74 Å². The van der Waals surface area contributed by atoms with Gasteiger partial charge in [0.2, 0.25) is 0 Å². The highest BCUT2D eigenvalue weighted by molar-refractivity contribution is 7.10. The van der Waals surface area contributed by atoms with Crippen LogP contribution >= 0.6 is 11.3 Å². The van der Waals surface area contributed by atoms with E-state index in [-0.39, 0.29) is 6.04 Å². The summed E-state index contributed by atoms with van der Waals surface area (Å²) in [5, 5.41) is 6.45. The highest BCUT2D eigenvalue weighted by atomic mass is 32.1. The molecule has 98 valence electrons. The molecule has 0 saturated heterocycles. The Hall–Kier alpha value is -1.33. The summed E-state index contributed by atoms with van der Waals surface area (Å²) in [5.74, 6) is 0.880. The second kappa shape index (κ2) is 5.54. The zero-order valence-corrected chi connectivity index (χ0v) is 11.8. The minimum Gasteiger partial charge on any atom is -0.496 e. The molecule has 0 aliphatic rings. The Morgan fingerprint density at radius 2 is 2.33 bits per heavy atom. The predicted molar refractivity (Wildman–Crippen MR) is 74.1 cm³/mol. The molecule has 2 heterocycles. The third kappa shape index (κ3) is 2.57. The number of aryl methyl sites for hydroxylation is 2. The number of rotatable bonds is 5. The van der Waals surface area contributed by atoms with Gasteiger partial charge in [0, 0.05) is 25.2 Å².